The van der Waals surface area contributed by atoms with E-state index in [1.54, 1.807) is 24.3 Å². The second-order valence-electron chi connectivity index (χ2n) is 9.95. The van der Waals surface area contributed by atoms with Crippen LogP contribution in [0.2, 0.25) is 0 Å². The van der Waals surface area contributed by atoms with Gasteiger partial charge in [-0.2, -0.15) is 9.78 Å². The Kier molecular flexibility index (Phi) is 9.81. The predicted octanol–water partition coefficient (Wildman–Crippen LogP) is 6.43. The van der Waals surface area contributed by atoms with Crippen LogP contribution in [-0.4, -0.2) is 48.3 Å². The Bertz CT molecular complexity index is 1720. The number of benzene rings is 4. The molecule has 0 heterocycles. The molecule has 0 radical (unpaired) electrons. The van der Waals surface area contributed by atoms with Gasteiger partial charge in [0, 0.05) is 5.41 Å². The summed E-state index contributed by atoms with van der Waals surface area (Å²) in [6.07, 6.45) is 0. The monoisotopic (exact) mass is 616 g/mol. The third-order valence-electron chi connectivity index (χ3n) is 6.83. The van der Waals surface area contributed by atoms with Crippen LogP contribution in [0.4, 0.5) is 0 Å². The topological polar surface area (TPSA) is 164 Å². The molecule has 12 nitrogen and oxygen atoms in total. The fraction of sp³-hybridized carbons (Fsp3) is 0.152. The van der Waals surface area contributed by atoms with Gasteiger partial charge >= 0.3 is 23.9 Å². The summed E-state index contributed by atoms with van der Waals surface area (Å²) in [4.78, 5) is 65.4. The standard InChI is InChI=1S/C33H28O12/c1-33(2,19-8-12-21(13-9-19)42-23-16-17-24(31(38)44-40-3)26(18-23)29(34)35)20-10-14-22(15-11-20)43-27-7-5-6-25(28(27)30(36)37)32(39)45-41-4/h5-18H,1-4H3,(H,34,35)(H,36,37). The van der Waals surface area contributed by atoms with Crippen LogP contribution < -0.4 is 9.47 Å². The minimum Gasteiger partial charge on any atom is -0.478 e. The van der Waals surface area contributed by atoms with E-state index in [-0.39, 0.29) is 33.8 Å². The maximum Gasteiger partial charge on any atom is 0.374 e. The van der Waals surface area contributed by atoms with Crippen LogP contribution >= 0.6 is 0 Å². The zero-order chi connectivity index (χ0) is 32.7. The molecule has 0 spiro atoms. The van der Waals surface area contributed by atoms with Gasteiger partial charge in [0.15, 0.2) is 0 Å². The fourth-order valence-electron chi connectivity index (χ4n) is 4.50. The van der Waals surface area contributed by atoms with E-state index in [1.165, 1.54) is 36.4 Å². The first-order valence-corrected chi connectivity index (χ1v) is 13.3. The average molecular weight is 617 g/mol. The van der Waals surface area contributed by atoms with Crippen LogP contribution in [0, 0.1) is 0 Å². The summed E-state index contributed by atoms with van der Waals surface area (Å²) in [7, 11) is 2.27. The van der Waals surface area contributed by atoms with E-state index < -0.39 is 29.3 Å². The Hall–Kier alpha value is -5.72. The van der Waals surface area contributed by atoms with Crippen molar-refractivity contribution in [1.29, 1.82) is 0 Å². The molecule has 0 bridgehead atoms. The molecule has 0 saturated carbocycles. The molecule has 0 aliphatic carbocycles. The third-order valence-corrected chi connectivity index (χ3v) is 6.83. The van der Waals surface area contributed by atoms with E-state index in [9.17, 15) is 29.4 Å². The predicted molar refractivity (Wildman–Crippen MR) is 157 cm³/mol. The van der Waals surface area contributed by atoms with E-state index in [1.807, 2.05) is 38.1 Å². The first kappa shape index (κ1) is 32.2. The van der Waals surface area contributed by atoms with Crippen molar-refractivity contribution in [3.8, 4) is 23.0 Å². The van der Waals surface area contributed by atoms with Gasteiger partial charge in [-0.05, 0) is 65.7 Å². The zero-order valence-electron chi connectivity index (χ0n) is 24.6. The van der Waals surface area contributed by atoms with Crippen molar-refractivity contribution in [3.63, 3.8) is 0 Å². The van der Waals surface area contributed by atoms with Gasteiger partial charge in [-0.15, -0.1) is 0 Å². The van der Waals surface area contributed by atoms with Crippen LogP contribution in [0.3, 0.4) is 0 Å². The van der Waals surface area contributed by atoms with Crippen LogP contribution in [-0.2, 0) is 25.0 Å². The number of carboxylic acid groups (broad SMARTS) is 2. The number of carbonyl (C=O) groups is 4. The van der Waals surface area contributed by atoms with Crippen molar-refractivity contribution in [1.82, 2.24) is 0 Å². The second kappa shape index (κ2) is 13.7. The van der Waals surface area contributed by atoms with Gasteiger partial charge in [-0.25, -0.2) is 19.2 Å². The maximum atomic E-state index is 12.2. The largest absolute Gasteiger partial charge is 0.478 e. The highest BCUT2D eigenvalue weighted by Crippen LogP contribution is 2.36. The van der Waals surface area contributed by atoms with E-state index in [2.05, 4.69) is 19.6 Å². The van der Waals surface area contributed by atoms with Crippen molar-refractivity contribution in [2.24, 2.45) is 0 Å². The SMILES string of the molecule is COOC(=O)c1ccc(Oc2ccc(C(C)(C)c3ccc(Oc4cccc(C(=O)OOC)c4C(=O)O)cc3)cc2)cc1C(=O)O. The number of hydrogen-bond donors (Lipinski definition) is 2. The van der Waals surface area contributed by atoms with E-state index in [0.717, 1.165) is 25.3 Å². The summed E-state index contributed by atoms with van der Waals surface area (Å²) < 4.78 is 11.7. The molecule has 2 N–H and O–H groups in total. The molecule has 4 aromatic rings. The van der Waals surface area contributed by atoms with E-state index in [4.69, 9.17) is 9.47 Å². The van der Waals surface area contributed by atoms with Gasteiger partial charge in [0.1, 0.15) is 28.6 Å². The second-order valence-corrected chi connectivity index (χ2v) is 9.95. The Morgan fingerprint density at radius 3 is 1.60 bits per heavy atom. The van der Waals surface area contributed by atoms with Crippen LogP contribution in [0.25, 0.3) is 0 Å². The Balaban J connectivity index is 1.51. The molecular weight excluding hydrogens is 588 g/mol. The van der Waals surface area contributed by atoms with Crippen molar-refractivity contribution < 1.29 is 58.4 Å². The van der Waals surface area contributed by atoms with E-state index in [0.29, 0.717) is 11.5 Å². The summed E-state index contributed by atoms with van der Waals surface area (Å²) >= 11 is 0. The lowest BCUT2D eigenvalue weighted by Crippen LogP contribution is -2.18. The lowest BCUT2D eigenvalue weighted by molar-refractivity contribution is -0.216. The average Bonchev–Trinajstić information content (AvgIpc) is 3.01. The molecule has 0 aliphatic heterocycles. The normalized spacial score (nSPS) is 10.9. The van der Waals surface area contributed by atoms with Gasteiger partial charge in [0.2, 0.25) is 0 Å². The van der Waals surface area contributed by atoms with Crippen LogP contribution in [0.15, 0.2) is 84.9 Å². The zero-order valence-corrected chi connectivity index (χ0v) is 24.6. The maximum absolute atomic E-state index is 12.2. The number of carboxylic acids is 2. The summed E-state index contributed by atoms with van der Waals surface area (Å²) in [5.41, 5.74) is 0.294. The summed E-state index contributed by atoms with van der Waals surface area (Å²) in [5.74, 6) is -3.68. The lowest BCUT2D eigenvalue weighted by Gasteiger charge is -2.26. The van der Waals surface area contributed by atoms with E-state index >= 15 is 0 Å². The molecule has 0 aromatic heterocycles. The number of ether oxygens (including phenoxy) is 2. The quantitative estimate of drug-likeness (QED) is 0.133. The first-order valence-electron chi connectivity index (χ1n) is 13.3. The minimum absolute atomic E-state index is 0.0457. The number of hydrogen-bond acceptors (Lipinski definition) is 10. The molecule has 4 rings (SSSR count). The highest BCUT2D eigenvalue weighted by molar-refractivity contribution is 6.04. The summed E-state index contributed by atoms with van der Waals surface area (Å²) in [6.45, 7) is 4.03. The molecule has 0 fully saturated rings. The van der Waals surface area contributed by atoms with Crippen molar-refractivity contribution in [3.05, 3.63) is 118 Å². The van der Waals surface area contributed by atoms with Gasteiger partial charge in [-0.3, -0.25) is 9.78 Å². The van der Waals surface area contributed by atoms with Crippen LogP contribution in [0.1, 0.15) is 66.4 Å². The molecule has 0 atom stereocenters. The summed E-state index contributed by atoms with van der Waals surface area (Å²) in [6, 6.07) is 22.4. The van der Waals surface area contributed by atoms with Gasteiger partial charge in [0.25, 0.3) is 0 Å². The molecule has 4 aromatic carbocycles. The van der Waals surface area contributed by atoms with Gasteiger partial charge < -0.3 is 19.7 Å². The van der Waals surface area contributed by atoms with Gasteiger partial charge in [0.05, 0.1) is 30.9 Å². The molecular formula is C33H28O12. The third kappa shape index (κ3) is 7.26. The highest BCUT2D eigenvalue weighted by Gasteiger charge is 2.26. The van der Waals surface area contributed by atoms with Gasteiger partial charge in [-0.1, -0.05) is 44.2 Å². The molecule has 0 aliphatic rings. The molecule has 0 amide bonds. The number of rotatable bonds is 12. The Labute approximate surface area is 257 Å². The minimum atomic E-state index is -1.37. The lowest BCUT2D eigenvalue weighted by atomic mass is 9.78. The molecule has 232 valence electrons. The number of carbonyl (C=O) groups excluding carboxylic acids is 2. The smallest absolute Gasteiger partial charge is 0.374 e. The van der Waals surface area contributed by atoms with Crippen molar-refractivity contribution in [2.45, 2.75) is 19.3 Å². The summed E-state index contributed by atoms with van der Waals surface area (Å²) in [5, 5.41) is 19.2. The number of aromatic carboxylic acids is 2. The molecule has 12 heteroatoms. The fourth-order valence-corrected chi connectivity index (χ4v) is 4.50. The first-order chi connectivity index (χ1) is 21.5. The van der Waals surface area contributed by atoms with Crippen molar-refractivity contribution in [2.75, 3.05) is 14.2 Å². The highest BCUT2D eigenvalue weighted by atomic mass is 17.2. The molecule has 0 unspecified atom stereocenters. The molecule has 0 saturated heterocycles. The Morgan fingerprint density at radius 2 is 1.09 bits per heavy atom. The van der Waals surface area contributed by atoms with Crippen molar-refractivity contribution >= 4 is 23.9 Å². The Morgan fingerprint density at radius 1 is 0.578 bits per heavy atom. The van der Waals surface area contributed by atoms with Crippen LogP contribution in [0.5, 0.6) is 23.0 Å². The molecule has 45 heavy (non-hydrogen) atoms.